The van der Waals surface area contributed by atoms with Gasteiger partial charge in [0.15, 0.2) is 0 Å². The zero-order chi connectivity index (χ0) is 24.7. The lowest BCUT2D eigenvalue weighted by Gasteiger charge is -2.21. The predicted octanol–water partition coefficient (Wildman–Crippen LogP) is 5.47. The van der Waals surface area contributed by atoms with Crippen LogP contribution in [0, 0.1) is 0 Å². The molecule has 2 amide bonds. The van der Waals surface area contributed by atoms with E-state index in [1.54, 1.807) is 61.5 Å². The summed E-state index contributed by atoms with van der Waals surface area (Å²) in [6, 6.07) is 19.0. The molecule has 0 heterocycles. The van der Waals surface area contributed by atoms with Crippen LogP contribution in [0.15, 0.2) is 78.9 Å². The highest BCUT2D eigenvalue weighted by molar-refractivity contribution is 5.98. The Morgan fingerprint density at radius 1 is 0.794 bits per heavy atom. The van der Waals surface area contributed by atoms with Gasteiger partial charge in [-0.15, -0.1) is 0 Å². The van der Waals surface area contributed by atoms with E-state index in [0.717, 1.165) is 12.1 Å². The molecule has 3 aromatic carbocycles. The van der Waals surface area contributed by atoms with Crippen molar-refractivity contribution in [3.63, 3.8) is 0 Å². The van der Waals surface area contributed by atoms with E-state index < -0.39 is 29.8 Å². The maximum atomic E-state index is 13.1. The third-order valence-electron chi connectivity index (χ3n) is 5.02. The Bertz CT molecular complexity index is 1140. The summed E-state index contributed by atoms with van der Waals surface area (Å²) in [4.78, 5) is 25.2. The molecule has 0 saturated heterocycles. The van der Waals surface area contributed by atoms with Crippen molar-refractivity contribution in [3.8, 4) is 0 Å². The number of nitrogens with one attached hydrogen (secondary N) is 3. The third kappa shape index (κ3) is 6.58. The number of ether oxygens (including phenoxy) is 1. The van der Waals surface area contributed by atoms with Crippen molar-refractivity contribution in [1.82, 2.24) is 0 Å². The number of anilines is 3. The first-order valence-electron chi connectivity index (χ1n) is 10.4. The van der Waals surface area contributed by atoms with E-state index in [4.69, 9.17) is 4.74 Å². The van der Waals surface area contributed by atoms with Crippen LogP contribution in [0.4, 0.5) is 30.2 Å². The van der Waals surface area contributed by atoms with Crippen LogP contribution in [-0.4, -0.2) is 25.0 Å². The highest BCUT2D eigenvalue weighted by atomic mass is 19.4. The number of alkyl halides is 3. The molecule has 0 aromatic heterocycles. The Labute approximate surface area is 195 Å². The summed E-state index contributed by atoms with van der Waals surface area (Å²) in [5.74, 6) is -0.880. The number of rotatable bonds is 8. The number of hydrogen-bond donors (Lipinski definition) is 3. The molecule has 0 bridgehead atoms. The molecule has 3 N–H and O–H groups in total. The van der Waals surface area contributed by atoms with Gasteiger partial charge in [0.05, 0.1) is 5.56 Å². The van der Waals surface area contributed by atoms with Gasteiger partial charge in [0.1, 0.15) is 12.1 Å². The molecular formula is C25H24F3N3O3. The third-order valence-corrected chi connectivity index (χ3v) is 5.02. The van der Waals surface area contributed by atoms with Crippen molar-refractivity contribution >= 4 is 28.9 Å². The van der Waals surface area contributed by atoms with Crippen LogP contribution >= 0.6 is 0 Å². The minimum absolute atomic E-state index is 0.0251. The molecule has 0 saturated carbocycles. The lowest BCUT2D eigenvalue weighted by molar-refractivity contribution is -0.137. The fourth-order valence-electron chi connectivity index (χ4n) is 3.14. The van der Waals surface area contributed by atoms with Gasteiger partial charge >= 0.3 is 6.18 Å². The topological polar surface area (TPSA) is 79.5 Å². The summed E-state index contributed by atoms with van der Waals surface area (Å²) in [5, 5.41) is 8.38. The summed E-state index contributed by atoms with van der Waals surface area (Å²) in [6.45, 7) is 1.61. The number of methoxy groups -OCH3 is 1. The molecule has 0 aliphatic heterocycles. The van der Waals surface area contributed by atoms with Gasteiger partial charge in [-0.25, -0.2) is 0 Å². The van der Waals surface area contributed by atoms with Crippen molar-refractivity contribution in [1.29, 1.82) is 0 Å². The van der Waals surface area contributed by atoms with Crippen molar-refractivity contribution in [2.24, 2.45) is 0 Å². The summed E-state index contributed by atoms with van der Waals surface area (Å²) in [7, 11) is 1.43. The Morgan fingerprint density at radius 3 is 2.03 bits per heavy atom. The van der Waals surface area contributed by atoms with E-state index in [0.29, 0.717) is 16.9 Å². The summed E-state index contributed by atoms with van der Waals surface area (Å²) >= 11 is 0. The number of hydrogen-bond acceptors (Lipinski definition) is 4. The van der Waals surface area contributed by atoms with Gasteiger partial charge in [0.2, 0.25) is 0 Å². The van der Waals surface area contributed by atoms with E-state index in [2.05, 4.69) is 16.0 Å². The quantitative estimate of drug-likeness (QED) is 0.407. The van der Waals surface area contributed by atoms with Crippen LogP contribution < -0.4 is 16.0 Å². The van der Waals surface area contributed by atoms with E-state index in [-0.39, 0.29) is 11.6 Å². The van der Waals surface area contributed by atoms with E-state index in [1.165, 1.54) is 19.2 Å². The Morgan fingerprint density at radius 2 is 1.38 bits per heavy atom. The second-order valence-electron chi connectivity index (χ2n) is 7.50. The molecular weight excluding hydrogens is 447 g/mol. The molecule has 0 fully saturated rings. The van der Waals surface area contributed by atoms with Crippen LogP contribution in [0.3, 0.4) is 0 Å². The molecule has 0 aliphatic carbocycles. The van der Waals surface area contributed by atoms with Gasteiger partial charge in [-0.1, -0.05) is 42.5 Å². The number of halogens is 3. The van der Waals surface area contributed by atoms with Crippen LogP contribution in [0.25, 0.3) is 0 Å². The lowest BCUT2D eigenvalue weighted by atomic mass is 10.1. The maximum absolute atomic E-state index is 13.1. The number of carbonyl (C=O) groups is 2. The number of amides is 2. The first-order chi connectivity index (χ1) is 16.2. The molecule has 2 unspecified atom stereocenters. The highest BCUT2D eigenvalue weighted by Crippen LogP contribution is 2.31. The van der Waals surface area contributed by atoms with Crippen LogP contribution in [0.2, 0.25) is 0 Å². The van der Waals surface area contributed by atoms with Crippen molar-refractivity contribution in [2.75, 3.05) is 23.1 Å². The molecule has 2 atom stereocenters. The standard InChI is InChI=1S/C25H24F3N3O3/c1-16(34-2)23(32)30-21-13-7-12-20(15-21)29-22(17-8-4-3-5-9-17)24(33)31-19-11-6-10-18(14-19)25(26,27)28/h3-16,22,29H,1-2H3,(H,30,32)(H,31,33). The molecule has 3 rings (SSSR count). The van der Waals surface area contributed by atoms with Gasteiger partial charge in [-0.3, -0.25) is 9.59 Å². The van der Waals surface area contributed by atoms with E-state index >= 15 is 0 Å². The average molecular weight is 471 g/mol. The minimum atomic E-state index is -4.52. The molecule has 9 heteroatoms. The van der Waals surface area contributed by atoms with Crippen molar-refractivity contribution in [3.05, 3.63) is 90.0 Å². The van der Waals surface area contributed by atoms with Crippen LogP contribution in [0.1, 0.15) is 24.1 Å². The van der Waals surface area contributed by atoms with Crippen molar-refractivity contribution in [2.45, 2.75) is 25.2 Å². The number of benzene rings is 3. The van der Waals surface area contributed by atoms with Gasteiger partial charge < -0.3 is 20.7 Å². The molecule has 34 heavy (non-hydrogen) atoms. The fourth-order valence-corrected chi connectivity index (χ4v) is 3.14. The SMILES string of the molecule is COC(C)C(=O)Nc1cccc(NC(C(=O)Nc2cccc(C(F)(F)F)c2)c2ccccc2)c1. The second kappa shape index (κ2) is 10.8. The van der Waals surface area contributed by atoms with Gasteiger partial charge in [0, 0.05) is 24.2 Å². The normalized spacial score (nSPS) is 13.0. The Balaban J connectivity index is 1.83. The van der Waals surface area contributed by atoms with E-state index in [9.17, 15) is 22.8 Å². The van der Waals surface area contributed by atoms with Gasteiger partial charge in [0.25, 0.3) is 11.8 Å². The molecule has 0 aliphatic rings. The van der Waals surface area contributed by atoms with E-state index in [1.807, 2.05) is 0 Å². The Hall–Kier alpha value is -3.85. The summed E-state index contributed by atoms with van der Waals surface area (Å²) in [5.41, 5.74) is 0.787. The molecule has 0 radical (unpaired) electrons. The lowest BCUT2D eigenvalue weighted by Crippen LogP contribution is -2.28. The highest BCUT2D eigenvalue weighted by Gasteiger charge is 2.31. The maximum Gasteiger partial charge on any atom is 0.416 e. The largest absolute Gasteiger partial charge is 0.416 e. The second-order valence-corrected chi connectivity index (χ2v) is 7.50. The molecule has 6 nitrogen and oxygen atoms in total. The van der Waals surface area contributed by atoms with Crippen molar-refractivity contribution < 1.29 is 27.5 Å². The number of carbonyl (C=O) groups excluding carboxylic acids is 2. The van der Waals surface area contributed by atoms with Crippen LogP contribution in [-0.2, 0) is 20.5 Å². The zero-order valence-corrected chi connectivity index (χ0v) is 18.5. The smallest absolute Gasteiger partial charge is 0.372 e. The molecule has 0 spiro atoms. The molecule has 178 valence electrons. The predicted molar refractivity (Wildman–Crippen MR) is 124 cm³/mol. The molecule has 3 aromatic rings. The monoisotopic (exact) mass is 471 g/mol. The first-order valence-corrected chi connectivity index (χ1v) is 10.4. The van der Waals surface area contributed by atoms with Crippen LogP contribution in [0.5, 0.6) is 0 Å². The zero-order valence-electron chi connectivity index (χ0n) is 18.5. The van der Waals surface area contributed by atoms with Gasteiger partial charge in [-0.05, 0) is 48.9 Å². The Kier molecular flexibility index (Phi) is 7.91. The first kappa shape index (κ1) is 24.8. The fraction of sp³-hybridized carbons (Fsp3) is 0.200. The minimum Gasteiger partial charge on any atom is -0.372 e. The summed E-state index contributed by atoms with van der Waals surface area (Å²) < 4.78 is 44.2. The average Bonchev–Trinajstić information content (AvgIpc) is 2.82. The van der Waals surface area contributed by atoms with Gasteiger partial charge in [-0.2, -0.15) is 13.2 Å². The summed E-state index contributed by atoms with van der Waals surface area (Å²) in [6.07, 6.45) is -5.17.